The van der Waals surface area contributed by atoms with Crippen molar-refractivity contribution in [3.8, 4) is 0 Å². The van der Waals surface area contributed by atoms with Gasteiger partial charge in [0.2, 0.25) is 0 Å². The largest absolute Gasteiger partial charge is 0.369 e. The van der Waals surface area contributed by atoms with E-state index in [1.807, 2.05) is 0 Å². The lowest BCUT2D eigenvalue weighted by Crippen LogP contribution is -2.52. The lowest BCUT2D eigenvalue weighted by Gasteiger charge is -2.34. The lowest BCUT2D eigenvalue weighted by atomic mass is 10.0. The highest BCUT2D eigenvalue weighted by atomic mass is 19.1. The summed E-state index contributed by atoms with van der Waals surface area (Å²) in [6.45, 7) is 4.40. The summed E-state index contributed by atoms with van der Waals surface area (Å²) in [5.41, 5.74) is -0.782. The molecular formula is C17H23FN2O3. The number of rotatable bonds is 4. The van der Waals surface area contributed by atoms with Crippen LogP contribution >= 0.6 is 0 Å². The first kappa shape index (κ1) is 17.4. The number of likely N-dealkylation sites (tertiary alicyclic amines) is 1. The molecule has 1 N–H and O–H groups in total. The minimum Gasteiger partial charge on any atom is -0.369 e. The Kier molecular flexibility index (Phi) is 5.36. The molecule has 1 fully saturated rings. The van der Waals surface area contributed by atoms with Gasteiger partial charge in [0.05, 0.1) is 5.56 Å². The molecule has 1 aliphatic heterocycles. The van der Waals surface area contributed by atoms with Gasteiger partial charge in [0.15, 0.2) is 0 Å². The van der Waals surface area contributed by atoms with Crippen LogP contribution in [0.5, 0.6) is 0 Å². The number of hydrogen-bond donors (Lipinski definition) is 1. The van der Waals surface area contributed by atoms with Crippen molar-refractivity contribution in [2.45, 2.75) is 38.3 Å². The van der Waals surface area contributed by atoms with Gasteiger partial charge in [-0.3, -0.25) is 9.59 Å². The Balaban J connectivity index is 1.90. The van der Waals surface area contributed by atoms with E-state index in [0.717, 1.165) is 0 Å². The Morgan fingerprint density at radius 1 is 1.26 bits per heavy atom. The molecule has 5 nitrogen and oxygen atoms in total. The first-order valence-corrected chi connectivity index (χ1v) is 7.75. The molecule has 1 aromatic carbocycles. The van der Waals surface area contributed by atoms with Gasteiger partial charge in [-0.2, -0.15) is 0 Å². The van der Waals surface area contributed by atoms with Crippen LogP contribution in [0.15, 0.2) is 24.3 Å². The highest BCUT2D eigenvalue weighted by Crippen LogP contribution is 2.17. The third kappa shape index (κ3) is 4.07. The zero-order valence-corrected chi connectivity index (χ0v) is 13.8. The highest BCUT2D eigenvalue weighted by Gasteiger charge is 2.31. The van der Waals surface area contributed by atoms with E-state index in [2.05, 4.69) is 5.32 Å². The molecule has 1 saturated heterocycles. The van der Waals surface area contributed by atoms with Gasteiger partial charge >= 0.3 is 0 Å². The number of halogens is 1. The van der Waals surface area contributed by atoms with Gasteiger partial charge in [-0.25, -0.2) is 4.39 Å². The fourth-order valence-electron chi connectivity index (χ4n) is 2.48. The molecule has 0 bridgehead atoms. The number of piperidine rings is 1. The standard InChI is InChI=1S/C17H23FN2O3/c1-17(2,23-3)16(22)19-12-8-10-20(11-9-12)15(21)13-6-4-5-7-14(13)18/h4-7,12H,8-11H2,1-3H3,(H,19,22). The summed E-state index contributed by atoms with van der Waals surface area (Å²) in [4.78, 5) is 26.0. The van der Waals surface area contributed by atoms with Crippen molar-refractivity contribution < 1.29 is 18.7 Å². The minimum atomic E-state index is -0.875. The Bertz CT molecular complexity index is 581. The van der Waals surface area contributed by atoms with Crippen LogP contribution in [0.25, 0.3) is 0 Å². The SMILES string of the molecule is COC(C)(C)C(=O)NC1CCN(C(=O)c2ccccc2F)CC1. The molecule has 1 heterocycles. The van der Waals surface area contributed by atoms with Gasteiger partial charge in [0, 0.05) is 26.2 Å². The van der Waals surface area contributed by atoms with Crippen molar-refractivity contribution in [1.29, 1.82) is 0 Å². The van der Waals surface area contributed by atoms with E-state index in [1.165, 1.54) is 19.2 Å². The Labute approximate surface area is 135 Å². The lowest BCUT2D eigenvalue weighted by molar-refractivity contribution is -0.140. The second-order valence-corrected chi connectivity index (χ2v) is 6.23. The zero-order chi connectivity index (χ0) is 17.0. The normalized spacial score (nSPS) is 16.3. The van der Waals surface area contributed by atoms with E-state index in [-0.39, 0.29) is 23.4 Å². The molecule has 23 heavy (non-hydrogen) atoms. The topological polar surface area (TPSA) is 58.6 Å². The van der Waals surface area contributed by atoms with Gasteiger partial charge in [0.25, 0.3) is 11.8 Å². The molecule has 0 aliphatic carbocycles. The van der Waals surface area contributed by atoms with Crippen molar-refractivity contribution in [1.82, 2.24) is 10.2 Å². The predicted molar refractivity (Wildman–Crippen MR) is 84.6 cm³/mol. The molecule has 126 valence electrons. The summed E-state index contributed by atoms with van der Waals surface area (Å²) in [5, 5.41) is 2.94. The van der Waals surface area contributed by atoms with E-state index in [0.29, 0.717) is 25.9 Å². The van der Waals surface area contributed by atoms with Crippen LogP contribution in [-0.4, -0.2) is 48.6 Å². The molecule has 0 atom stereocenters. The predicted octanol–water partition coefficient (Wildman–Crippen LogP) is 1.97. The molecule has 1 aromatic rings. The van der Waals surface area contributed by atoms with E-state index < -0.39 is 11.4 Å². The van der Waals surface area contributed by atoms with Crippen LogP contribution in [0, 0.1) is 5.82 Å². The number of methoxy groups -OCH3 is 1. The fraction of sp³-hybridized carbons (Fsp3) is 0.529. The quantitative estimate of drug-likeness (QED) is 0.922. The van der Waals surface area contributed by atoms with Gasteiger partial charge in [-0.1, -0.05) is 12.1 Å². The van der Waals surface area contributed by atoms with Crippen molar-refractivity contribution in [2.24, 2.45) is 0 Å². The van der Waals surface area contributed by atoms with E-state index in [1.54, 1.807) is 30.9 Å². The molecule has 2 amide bonds. The first-order chi connectivity index (χ1) is 10.8. The number of nitrogens with zero attached hydrogens (tertiary/aromatic N) is 1. The Hall–Kier alpha value is -1.95. The summed E-state index contributed by atoms with van der Waals surface area (Å²) in [6, 6.07) is 5.99. The van der Waals surface area contributed by atoms with Crippen molar-refractivity contribution >= 4 is 11.8 Å². The molecule has 2 rings (SSSR count). The monoisotopic (exact) mass is 322 g/mol. The average Bonchev–Trinajstić information content (AvgIpc) is 2.55. The number of amides is 2. The molecule has 0 spiro atoms. The number of benzene rings is 1. The highest BCUT2D eigenvalue weighted by molar-refractivity contribution is 5.94. The minimum absolute atomic E-state index is 0.00148. The van der Waals surface area contributed by atoms with E-state index >= 15 is 0 Å². The zero-order valence-electron chi connectivity index (χ0n) is 13.8. The maximum Gasteiger partial charge on any atom is 0.256 e. The van der Waals surface area contributed by atoms with Gasteiger partial charge in [-0.05, 0) is 38.8 Å². The van der Waals surface area contributed by atoms with Crippen LogP contribution < -0.4 is 5.32 Å². The molecule has 0 saturated carbocycles. The third-order valence-corrected chi connectivity index (χ3v) is 4.28. The van der Waals surface area contributed by atoms with Crippen molar-refractivity contribution in [2.75, 3.05) is 20.2 Å². The van der Waals surface area contributed by atoms with Crippen LogP contribution in [0.4, 0.5) is 4.39 Å². The van der Waals surface area contributed by atoms with E-state index in [9.17, 15) is 14.0 Å². The molecule has 1 aliphatic rings. The second-order valence-electron chi connectivity index (χ2n) is 6.23. The third-order valence-electron chi connectivity index (χ3n) is 4.28. The smallest absolute Gasteiger partial charge is 0.256 e. The summed E-state index contributed by atoms with van der Waals surface area (Å²) >= 11 is 0. The van der Waals surface area contributed by atoms with Crippen LogP contribution in [-0.2, 0) is 9.53 Å². The molecule has 0 radical (unpaired) electrons. The fourth-order valence-corrected chi connectivity index (χ4v) is 2.48. The number of ether oxygens (including phenoxy) is 1. The summed E-state index contributed by atoms with van der Waals surface area (Å²) < 4.78 is 18.8. The molecule has 0 unspecified atom stereocenters. The van der Waals surface area contributed by atoms with Crippen LogP contribution in [0.1, 0.15) is 37.0 Å². The average molecular weight is 322 g/mol. The molecule has 0 aromatic heterocycles. The summed E-state index contributed by atoms with van der Waals surface area (Å²) in [6.07, 6.45) is 1.29. The number of nitrogens with one attached hydrogen (secondary N) is 1. The van der Waals surface area contributed by atoms with E-state index in [4.69, 9.17) is 4.74 Å². The first-order valence-electron chi connectivity index (χ1n) is 7.75. The maximum absolute atomic E-state index is 13.7. The maximum atomic E-state index is 13.7. The number of carbonyl (C=O) groups excluding carboxylic acids is 2. The van der Waals surface area contributed by atoms with Gasteiger partial charge in [0.1, 0.15) is 11.4 Å². The summed E-state index contributed by atoms with van der Waals surface area (Å²) in [5.74, 6) is -0.973. The van der Waals surface area contributed by atoms with Crippen molar-refractivity contribution in [3.05, 3.63) is 35.6 Å². The number of carbonyl (C=O) groups is 2. The second kappa shape index (κ2) is 7.08. The molecular weight excluding hydrogens is 299 g/mol. The number of hydrogen-bond acceptors (Lipinski definition) is 3. The molecule has 6 heteroatoms. The van der Waals surface area contributed by atoms with Crippen LogP contribution in [0.3, 0.4) is 0 Å². The Morgan fingerprint density at radius 3 is 2.43 bits per heavy atom. The van der Waals surface area contributed by atoms with Gasteiger partial charge < -0.3 is 15.0 Å². The Morgan fingerprint density at radius 2 is 1.87 bits per heavy atom. The van der Waals surface area contributed by atoms with Crippen molar-refractivity contribution in [3.63, 3.8) is 0 Å². The summed E-state index contributed by atoms with van der Waals surface area (Å²) in [7, 11) is 1.50. The van der Waals surface area contributed by atoms with Crippen LogP contribution in [0.2, 0.25) is 0 Å². The van der Waals surface area contributed by atoms with Gasteiger partial charge in [-0.15, -0.1) is 0 Å².